The van der Waals surface area contributed by atoms with Crippen molar-refractivity contribution in [2.75, 3.05) is 0 Å². The number of alkyl halides is 1. The minimum absolute atomic E-state index is 0.277. The standard InChI is InChI=1S/C6H8BF3I/c8-7(9,10)4-5-1-6(11,2-5)3-5/h1-4H2/q-1. The van der Waals surface area contributed by atoms with Gasteiger partial charge in [0.05, 0.1) is 0 Å². The molecule has 3 aliphatic carbocycles. The van der Waals surface area contributed by atoms with Gasteiger partial charge in [-0.05, 0) is 24.7 Å². The summed E-state index contributed by atoms with van der Waals surface area (Å²) in [6.07, 6.45) is 1.93. The number of hydrogen-bond donors (Lipinski definition) is 0. The fourth-order valence-corrected chi connectivity index (χ4v) is 5.00. The van der Waals surface area contributed by atoms with Crippen molar-refractivity contribution in [2.45, 2.75) is 29.0 Å². The van der Waals surface area contributed by atoms with E-state index in [9.17, 15) is 12.9 Å². The molecule has 3 rings (SSSR count). The van der Waals surface area contributed by atoms with Crippen LogP contribution in [0.5, 0.6) is 0 Å². The van der Waals surface area contributed by atoms with Crippen molar-refractivity contribution in [3.05, 3.63) is 0 Å². The zero-order valence-corrected chi connectivity index (χ0v) is 8.08. The van der Waals surface area contributed by atoms with Crippen LogP contribution in [0, 0.1) is 5.41 Å². The van der Waals surface area contributed by atoms with Crippen LogP contribution in [-0.2, 0) is 0 Å². The Morgan fingerprint density at radius 2 is 1.64 bits per heavy atom. The summed E-state index contributed by atoms with van der Waals surface area (Å²) in [5.74, 6) is 0. The zero-order chi connectivity index (χ0) is 8.33. The lowest BCUT2D eigenvalue weighted by atomic mass is 9.39. The Balaban J connectivity index is 1.91. The van der Waals surface area contributed by atoms with Crippen molar-refractivity contribution in [1.82, 2.24) is 0 Å². The van der Waals surface area contributed by atoms with Crippen LogP contribution < -0.4 is 0 Å². The topological polar surface area (TPSA) is 0 Å². The second kappa shape index (κ2) is 1.91. The van der Waals surface area contributed by atoms with Gasteiger partial charge in [0.25, 0.3) is 0 Å². The number of rotatable bonds is 2. The SMILES string of the molecule is F[B-](F)(F)CC12CC(I)(C1)C2. The molecular weight excluding hydrogens is 267 g/mol. The van der Waals surface area contributed by atoms with Crippen molar-refractivity contribution >= 4 is 29.6 Å². The highest BCUT2D eigenvalue weighted by Crippen LogP contribution is 2.74. The van der Waals surface area contributed by atoms with Crippen molar-refractivity contribution in [2.24, 2.45) is 5.41 Å². The molecule has 11 heavy (non-hydrogen) atoms. The van der Waals surface area contributed by atoms with Gasteiger partial charge >= 0.3 is 6.98 Å². The second-order valence-electron chi connectivity index (χ2n) is 4.10. The van der Waals surface area contributed by atoms with E-state index in [2.05, 4.69) is 22.6 Å². The van der Waals surface area contributed by atoms with Gasteiger partial charge in [-0.15, -0.1) is 0 Å². The summed E-state index contributed by atoms with van der Waals surface area (Å²) >= 11 is 2.29. The van der Waals surface area contributed by atoms with Crippen LogP contribution in [-0.4, -0.2) is 10.4 Å². The van der Waals surface area contributed by atoms with E-state index in [4.69, 9.17) is 0 Å². The molecule has 2 bridgehead atoms. The van der Waals surface area contributed by atoms with Crippen molar-refractivity contribution in [3.8, 4) is 0 Å². The summed E-state index contributed by atoms with van der Waals surface area (Å²) in [5, 5.41) is 0. The van der Waals surface area contributed by atoms with Gasteiger partial charge in [0, 0.05) is 3.42 Å². The molecule has 0 aromatic carbocycles. The molecule has 0 nitrogen and oxygen atoms in total. The van der Waals surface area contributed by atoms with E-state index in [0.29, 0.717) is 0 Å². The third-order valence-corrected chi connectivity index (χ3v) is 3.88. The van der Waals surface area contributed by atoms with Gasteiger partial charge in [0.1, 0.15) is 0 Å². The minimum atomic E-state index is -4.54. The Hall–Kier alpha value is 0.585. The molecule has 0 unspecified atom stereocenters. The maximum atomic E-state index is 12.0. The lowest BCUT2D eigenvalue weighted by molar-refractivity contribution is -0.0490. The highest BCUT2D eigenvalue weighted by Gasteiger charge is 2.66. The summed E-state index contributed by atoms with van der Waals surface area (Å²) in [6, 6.07) is 0. The van der Waals surface area contributed by atoms with E-state index < -0.39 is 13.3 Å². The van der Waals surface area contributed by atoms with Gasteiger partial charge in [-0.3, -0.25) is 0 Å². The molecule has 0 atom stereocenters. The first-order valence-electron chi connectivity index (χ1n) is 3.73. The second-order valence-corrected chi connectivity index (χ2v) is 6.38. The summed E-state index contributed by atoms with van der Waals surface area (Å²) < 4.78 is 36.2. The molecule has 0 N–H and O–H groups in total. The predicted molar refractivity (Wildman–Crippen MR) is 46.9 cm³/mol. The van der Waals surface area contributed by atoms with Crippen LogP contribution in [0.1, 0.15) is 19.3 Å². The maximum absolute atomic E-state index is 12.0. The van der Waals surface area contributed by atoms with Crippen molar-refractivity contribution < 1.29 is 12.9 Å². The van der Waals surface area contributed by atoms with E-state index in [-0.39, 0.29) is 8.84 Å². The Morgan fingerprint density at radius 1 is 1.18 bits per heavy atom. The van der Waals surface area contributed by atoms with Gasteiger partial charge in [-0.2, -0.15) is 0 Å². The van der Waals surface area contributed by atoms with Crippen LogP contribution in [0.15, 0.2) is 0 Å². The fourth-order valence-electron chi connectivity index (χ4n) is 2.57. The van der Waals surface area contributed by atoms with E-state index in [1.165, 1.54) is 0 Å². The van der Waals surface area contributed by atoms with Gasteiger partial charge in [0.15, 0.2) is 0 Å². The maximum Gasteiger partial charge on any atom is 0.478 e. The first kappa shape index (κ1) is 8.20. The Bertz CT molecular complexity index is 181. The molecule has 0 spiro atoms. The van der Waals surface area contributed by atoms with Crippen LogP contribution in [0.2, 0.25) is 6.32 Å². The monoisotopic (exact) mass is 275 g/mol. The average Bonchev–Trinajstić information content (AvgIpc) is 1.53. The van der Waals surface area contributed by atoms with Crippen LogP contribution in [0.3, 0.4) is 0 Å². The highest BCUT2D eigenvalue weighted by molar-refractivity contribution is 14.1. The third kappa shape index (κ3) is 1.29. The molecule has 64 valence electrons. The first-order chi connectivity index (χ1) is 4.83. The van der Waals surface area contributed by atoms with Gasteiger partial charge in [0.2, 0.25) is 0 Å². The zero-order valence-electron chi connectivity index (χ0n) is 5.92. The van der Waals surface area contributed by atoms with Gasteiger partial charge < -0.3 is 12.9 Å². The average molecular weight is 275 g/mol. The molecule has 5 heteroatoms. The first-order valence-corrected chi connectivity index (χ1v) is 4.81. The molecule has 3 saturated carbocycles. The summed E-state index contributed by atoms with van der Waals surface area (Å²) in [5.41, 5.74) is -0.292. The molecule has 0 aromatic heterocycles. The molecule has 0 aliphatic heterocycles. The lowest BCUT2D eigenvalue weighted by Gasteiger charge is -2.70. The van der Waals surface area contributed by atoms with E-state index in [0.717, 1.165) is 19.3 Å². The Morgan fingerprint density at radius 3 is 1.91 bits per heavy atom. The Kier molecular flexibility index (Phi) is 1.42. The summed E-state index contributed by atoms with van der Waals surface area (Å²) in [7, 11) is 0. The van der Waals surface area contributed by atoms with E-state index in [1.807, 2.05) is 0 Å². The molecule has 0 radical (unpaired) electrons. The molecule has 3 fully saturated rings. The van der Waals surface area contributed by atoms with Gasteiger partial charge in [-0.1, -0.05) is 28.9 Å². The smallest absolute Gasteiger partial charge is 0.449 e. The number of halogens is 4. The Labute approximate surface area is 77.1 Å². The minimum Gasteiger partial charge on any atom is -0.449 e. The largest absolute Gasteiger partial charge is 0.478 e. The van der Waals surface area contributed by atoms with Gasteiger partial charge in [-0.25, -0.2) is 0 Å². The molecule has 0 amide bonds. The molecule has 0 aromatic rings. The summed E-state index contributed by atoms with van der Waals surface area (Å²) in [6.45, 7) is -4.54. The highest BCUT2D eigenvalue weighted by atomic mass is 127. The van der Waals surface area contributed by atoms with Crippen molar-refractivity contribution in [1.29, 1.82) is 0 Å². The lowest BCUT2D eigenvalue weighted by Crippen LogP contribution is -2.64. The van der Waals surface area contributed by atoms with Crippen LogP contribution in [0.25, 0.3) is 0 Å². The third-order valence-electron chi connectivity index (χ3n) is 2.74. The van der Waals surface area contributed by atoms with Crippen LogP contribution >= 0.6 is 22.6 Å². The van der Waals surface area contributed by atoms with Crippen LogP contribution in [0.4, 0.5) is 12.9 Å². The fraction of sp³-hybridized carbons (Fsp3) is 1.00. The van der Waals surface area contributed by atoms with Crippen molar-refractivity contribution in [3.63, 3.8) is 0 Å². The molecular formula is C6H8BF3I-. The summed E-state index contributed by atoms with van der Waals surface area (Å²) in [4.78, 5) is 0. The predicted octanol–water partition coefficient (Wildman–Crippen LogP) is 3.19. The normalized spacial score (nSPS) is 48.0. The van der Waals surface area contributed by atoms with E-state index in [1.54, 1.807) is 0 Å². The molecule has 3 aliphatic rings. The molecule has 0 saturated heterocycles. The number of hydrogen-bond acceptors (Lipinski definition) is 0. The quantitative estimate of drug-likeness (QED) is 0.412. The van der Waals surface area contributed by atoms with E-state index >= 15 is 0 Å². The molecule has 0 heterocycles.